The molecule has 1 aliphatic rings. The molecular formula is C25H21ClN2O3S. The van der Waals surface area contributed by atoms with Crippen LogP contribution in [0.4, 0.5) is 0 Å². The molecule has 7 heteroatoms. The van der Waals surface area contributed by atoms with Gasteiger partial charge in [-0.25, -0.2) is 0 Å². The highest BCUT2D eigenvalue weighted by Crippen LogP contribution is 2.38. The van der Waals surface area contributed by atoms with E-state index in [2.05, 4.69) is 0 Å². The second-order valence-electron chi connectivity index (χ2n) is 7.13. The number of aliphatic imine (C=N–C) groups is 1. The minimum Gasteiger partial charge on any atom is -0.503 e. The summed E-state index contributed by atoms with van der Waals surface area (Å²) >= 11 is 7.44. The van der Waals surface area contributed by atoms with Gasteiger partial charge in [0.2, 0.25) is 0 Å². The fourth-order valence-corrected chi connectivity index (χ4v) is 4.45. The van der Waals surface area contributed by atoms with Gasteiger partial charge in [0.1, 0.15) is 0 Å². The Balaban J connectivity index is 1.67. The van der Waals surface area contributed by atoms with Crippen LogP contribution in [-0.2, 0) is 17.9 Å². The van der Waals surface area contributed by atoms with Crippen LogP contribution < -0.4 is 4.74 Å². The Morgan fingerprint density at radius 3 is 2.38 bits per heavy atom. The van der Waals surface area contributed by atoms with Gasteiger partial charge < -0.3 is 9.84 Å². The van der Waals surface area contributed by atoms with E-state index in [9.17, 15) is 9.90 Å². The van der Waals surface area contributed by atoms with Crippen molar-refractivity contribution in [3.8, 4) is 11.5 Å². The van der Waals surface area contributed by atoms with E-state index in [1.165, 1.54) is 18.9 Å². The SMILES string of the molecule is COc1cc(/C=C2/SC(=NCc3ccccc3)N(Cc3ccccc3)C2=O)cc(Cl)c1O. The summed E-state index contributed by atoms with van der Waals surface area (Å²) < 4.78 is 5.18. The number of thioether (sulfide) groups is 1. The van der Waals surface area contributed by atoms with E-state index in [1.54, 1.807) is 23.1 Å². The lowest BCUT2D eigenvalue weighted by Gasteiger charge is -2.15. The van der Waals surface area contributed by atoms with E-state index >= 15 is 0 Å². The molecule has 32 heavy (non-hydrogen) atoms. The highest BCUT2D eigenvalue weighted by Gasteiger charge is 2.33. The molecule has 0 atom stereocenters. The molecule has 1 heterocycles. The average molecular weight is 465 g/mol. The number of hydrogen-bond donors (Lipinski definition) is 1. The Labute approximate surface area is 196 Å². The molecule has 162 valence electrons. The van der Waals surface area contributed by atoms with Crippen molar-refractivity contribution in [3.63, 3.8) is 0 Å². The third-order valence-electron chi connectivity index (χ3n) is 4.88. The number of methoxy groups -OCH3 is 1. The van der Waals surface area contributed by atoms with Gasteiger partial charge >= 0.3 is 0 Å². The van der Waals surface area contributed by atoms with Crippen molar-refractivity contribution < 1.29 is 14.6 Å². The molecule has 1 N–H and O–H groups in total. The summed E-state index contributed by atoms with van der Waals surface area (Å²) in [7, 11) is 1.45. The molecule has 1 aliphatic heterocycles. The topological polar surface area (TPSA) is 62.1 Å². The number of hydrogen-bond acceptors (Lipinski definition) is 5. The molecule has 1 saturated heterocycles. The number of halogens is 1. The number of amidine groups is 1. The maximum absolute atomic E-state index is 13.3. The zero-order valence-electron chi connectivity index (χ0n) is 17.4. The number of carbonyl (C=O) groups excluding carboxylic acids is 1. The molecule has 0 aliphatic carbocycles. The summed E-state index contributed by atoms with van der Waals surface area (Å²) in [5, 5.41) is 10.8. The van der Waals surface area contributed by atoms with Crippen LogP contribution in [0.25, 0.3) is 6.08 Å². The van der Waals surface area contributed by atoms with Crippen LogP contribution in [0, 0.1) is 0 Å². The van der Waals surface area contributed by atoms with Crippen LogP contribution in [0.5, 0.6) is 11.5 Å². The van der Waals surface area contributed by atoms with E-state index in [1.807, 2.05) is 60.7 Å². The van der Waals surface area contributed by atoms with Gasteiger partial charge in [-0.15, -0.1) is 0 Å². The standard InChI is InChI=1S/C25H21ClN2O3S/c1-31-21-13-19(12-20(26)23(21)29)14-22-24(30)28(16-18-10-6-3-7-11-18)25(32-22)27-15-17-8-4-2-5-9-17/h2-14,29H,15-16H2,1H3/b22-14+,27-25?. The fourth-order valence-electron chi connectivity index (χ4n) is 3.26. The second kappa shape index (κ2) is 9.94. The Hall–Kier alpha value is -3.22. The maximum atomic E-state index is 13.3. The van der Waals surface area contributed by atoms with Gasteiger partial charge in [-0.1, -0.05) is 72.3 Å². The Bertz CT molecular complexity index is 1180. The summed E-state index contributed by atoms with van der Waals surface area (Å²) in [4.78, 5) is 20.2. The number of aromatic hydroxyl groups is 1. The largest absolute Gasteiger partial charge is 0.503 e. The molecule has 3 aromatic carbocycles. The van der Waals surface area contributed by atoms with E-state index < -0.39 is 0 Å². The van der Waals surface area contributed by atoms with Crippen molar-refractivity contribution in [1.29, 1.82) is 0 Å². The van der Waals surface area contributed by atoms with E-state index in [-0.39, 0.29) is 22.4 Å². The quantitative estimate of drug-likeness (QED) is 0.473. The normalized spacial score (nSPS) is 16.2. The van der Waals surface area contributed by atoms with Crippen molar-refractivity contribution in [1.82, 2.24) is 4.90 Å². The molecule has 5 nitrogen and oxygen atoms in total. The molecule has 0 bridgehead atoms. The predicted molar refractivity (Wildman–Crippen MR) is 130 cm³/mol. The lowest BCUT2D eigenvalue weighted by molar-refractivity contribution is -0.122. The van der Waals surface area contributed by atoms with Gasteiger partial charge in [0.15, 0.2) is 16.7 Å². The number of phenols is 1. The highest BCUT2D eigenvalue weighted by molar-refractivity contribution is 8.18. The van der Waals surface area contributed by atoms with Crippen LogP contribution in [0.3, 0.4) is 0 Å². The Kier molecular flexibility index (Phi) is 6.83. The smallest absolute Gasteiger partial charge is 0.267 e. The number of phenolic OH excluding ortho intramolecular Hbond substituents is 1. The van der Waals surface area contributed by atoms with Gasteiger partial charge in [0.25, 0.3) is 5.91 Å². The number of benzene rings is 3. The lowest BCUT2D eigenvalue weighted by Crippen LogP contribution is -2.28. The van der Waals surface area contributed by atoms with Crippen LogP contribution in [0.15, 0.2) is 82.7 Å². The summed E-state index contributed by atoms with van der Waals surface area (Å²) in [6.45, 7) is 0.908. The van der Waals surface area contributed by atoms with Crippen molar-refractivity contribution >= 4 is 40.5 Å². The molecule has 4 rings (SSSR count). The molecule has 0 radical (unpaired) electrons. The van der Waals surface area contributed by atoms with Gasteiger partial charge in [-0.05, 0) is 46.7 Å². The van der Waals surface area contributed by atoms with Crippen LogP contribution >= 0.6 is 23.4 Å². The summed E-state index contributed by atoms with van der Waals surface area (Å²) in [6.07, 6.45) is 1.74. The van der Waals surface area contributed by atoms with Crippen molar-refractivity contribution in [2.45, 2.75) is 13.1 Å². The highest BCUT2D eigenvalue weighted by atomic mass is 35.5. The van der Waals surface area contributed by atoms with Crippen molar-refractivity contribution in [3.05, 3.63) is 99.4 Å². The van der Waals surface area contributed by atoms with Crippen LogP contribution in [-0.4, -0.2) is 28.2 Å². The first-order chi connectivity index (χ1) is 15.5. The molecule has 3 aromatic rings. The monoisotopic (exact) mass is 464 g/mol. The number of rotatable bonds is 6. The van der Waals surface area contributed by atoms with E-state index in [0.29, 0.717) is 28.7 Å². The molecule has 1 fully saturated rings. The second-order valence-corrected chi connectivity index (χ2v) is 8.54. The zero-order chi connectivity index (χ0) is 22.5. The number of amides is 1. The maximum Gasteiger partial charge on any atom is 0.267 e. The van der Waals surface area contributed by atoms with Crippen molar-refractivity contribution in [2.24, 2.45) is 4.99 Å². The van der Waals surface area contributed by atoms with Gasteiger partial charge in [0.05, 0.1) is 30.1 Å². The summed E-state index contributed by atoms with van der Waals surface area (Å²) in [5.74, 6) is -0.00901. The Morgan fingerprint density at radius 2 is 1.72 bits per heavy atom. The first-order valence-electron chi connectivity index (χ1n) is 9.95. The first kappa shape index (κ1) is 22.0. The third kappa shape index (κ3) is 4.98. The average Bonchev–Trinajstić information content (AvgIpc) is 3.10. The predicted octanol–water partition coefficient (Wildman–Crippen LogP) is 5.73. The number of nitrogens with zero attached hydrogens (tertiary/aromatic N) is 2. The van der Waals surface area contributed by atoms with E-state index in [0.717, 1.165) is 11.1 Å². The van der Waals surface area contributed by atoms with Crippen molar-refractivity contribution in [2.75, 3.05) is 7.11 Å². The van der Waals surface area contributed by atoms with Gasteiger partial charge in [-0.3, -0.25) is 14.7 Å². The molecule has 0 unspecified atom stereocenters. The van der Waals surface area contributed by atoms with Gasteiger partial charge in [0, 0.05) is 0 Å². The van der Waals surface area contributed by atoms with Gasteiger partial charge in [-0.2, -0.15) is 0 Å². The van der Waals surface area contributed by atoms with Crippen LogP contribution in [0.2, 0.25) is 5.02 Å². The lowest BCUT2D eigenvalue weighted by atomic mass is 10.1. The summed E-state index contributed by atoms with van der Waals surface area (Å²) in [6, 6.07) is 23.0. The fraction of sp³-hybridized carbons (Fsp3) is 0.120. The molecular weight excluding hydrogens is 444 g/mol. The minimum absolute atomic E-state index is 0.127. The zero-order valence-corrected chi connectivity index (χ0v) is 18.9. The molecule has 0 spiro atoms. The van der Waals surface area contributed by atoms with Crippen LogP contribution in [0.1, 0.15) is 16.7 Å². The third-order valence-corrected chi connectivity index (χ3v) is 6.21. The molecule has 0 aromatic heterocycles. The molecule has 1 amide bonds. The number of carbonyl (C=O) groups is 1. The van der Waals surface area contributed by atoms with E-state index in [4.69, 9.17) is 21.3 Å². The summed E-state index contributed by atoms with van der Waals surface area (Å²) in [5.41, 5.74) is 2.74. The first-order valence-corrected chi connectivity index (χ1v) is 11.1. The molecule has 0 saturated carbocycles. The Morgan fingerprint density at radius 1 is 1.06 bits per heavy atom. The number of ether oxygens (including phenoxy) is 1. The minimum atomic E-state index is -0.131.